The van der Waals surface area contributed by atoms with Crippen LogP contribution in [0, 0.1) is 0 Å². The molecule has 4 heteroatoms. The number of carbonyl (C=O) groups is 1. The van der Waals surface area contributed by atoms with Crippen molar-refractivity contribution in [3.8, 4) is 0 Å². The lowest BCUT2D eigenvalue weighted by Gasteiger charge is -2.33. The Hall–Kier alpha value is -1.45. The zero-order valence-corrected chi connectivity index (χ0v) is 10.0. The van der Waals surface area contributed by atoms with Gasteiger partial charge in [-0.15, -0.1) is 0 Å². The molecule has 1 aliphatic carbocycles. The highest BCUT2D eigenvalue weighted by molar-refractivity contribution is 5.81. The number of halogens is 2. The Bertz CT molecular complexity index is 437. The quantitative estimate of drug-likeness (QED) is 0.887. The van der Waals surface area contributed by atoms with Crippen LogP contribution in [0.1, 0.15) is 49.7 Å². The summed E-state index contributed by atoms with van der Waals surface area (Å²) in [6.07, 6.45) is 1.21. The van der Waals surface area contributed by atoms with Crippen molar-refractivity contribution < 1.29 is 18.7 Å². The van der Waals surface area contributed by atoms with Crippen molar-refractivity contribution in [2.75, 3.05) is 0 Å². The first-order valence-corrected chi connectivity index (χ1v) is 6.18. The van der Waals surface area contributed by atoms with Gasteiger partial charge in [-0.25, -0.2) is 8.78 Å². The van der Waals surface area contributed by atoms with Crippen molar-refractivity contribution in [3.05, 3.63) is 35.4 Å². The lowest BCUT2D eigenvalue weighted by Crippen LogP contribution is -2.37. The number of aliphatic carboxylic acids is 1. The van der Waals surface area contributed by atoms with E-state index in [1.165, 1.54) is 18.2 Å². The van der Waals surface area contributed by atoms with Crippen LogP contribution in [0.5, 0.6) is 0 Å². The zero-order valence-electron chi connectivity index (χ0n) is 10.0. The maximum atomic E-state index is 12.7. The number of alkyl halides is 2. The third kappa shape index (κ3) is 2.24. The molecule has 1 fully saturated rings. The van der Waals surface area contributed by atoms with Crippen molar-refractivity contribution in [3.63, 3.8) is 0 Å². The lowest BCUT2D eigenvalue weighted by molar-refractivity contribution is -0.145. The first kappa shape index (κ1) is 13.0. The summed E-state index contributed by atoms with van der Waals surface area (Å²) in [4.78, 5) is 11.6. The second kappa shape index (κ2) is 5.04. The van der Waals surface area contributed by atoms with Crippen LogP contribution in [0.3, 0.4) is 0 Å². The number of benzene rings is 1. The maximum Gasteiger partial charge on any atom is 0.314 e. The molecule has 98 valence electrons. The molecular formula is C14H16F2O2. The predicted octanol–water partition coefficient (Wildman–Crippen LogP) is 3.91. The van der Waals surface area contributed by atoms with Crippen molar-refractivity contribution in [1.82, 2.24) is 0 Å². The molecule has 0 saturated heterocycles. The maximum absolute atomic E-state index is 12.7. The van der Waals surface area contributed by atoms with Crippen LogP contribution in [-0.2, 0) is 10.2 Å². The minimum atomic E-state index is -2.56. The van der Waals surface area contributed by atoms with E-state index in [4.69, 9.17) is 0 Å². The average molecular weight is 254 g/mol. The molecule has 0 aromatic heterocycles. The number of rotatable bonds is 3. The predicted molar refractivity (Wildman–Crippen MR) is 63.8 cm³/mol. The molecule has 2 rings (SSSR count). The molecule has 1 N–H and O–H groups in total. The van der Waals surface area contributed by atoms with Crippen LogP contribution < -0.4 is 0 Å². The Labute approximate surface area is 105 Å². The summed E-state index contributed by atoms with van der Waals surface area (Å²) < 4.78 is 25.4. The molecule has 0 heterocycles. The van der Waals surface area contributed by atoms with Crippen LogP contribution in [0.4, 0.5) is 8.78 Å². The molecule has 0 spiro atoms. The summed E-state index contributed by atoms with van der Waals surface area (Å²) in [5.74, 6) is -0.895. The van der Waals surface area contributed by atoms with Gasteiger partial charge in [-0.1, -0.05) is 37.5 Å². The normalized spacial score (nSPS) is 18.8. The molecule has 0 radical (unpaired) electrons. The highest BCUT2D eigenvalue weighted by atomic mass is 19.3. The molecule has 2 nitrogen and oxygen atoms in total. The fourth-order valence-electron chi connectivity index (χ4n) is 2.75. The van der Waals surface area contributed by atoms with E-state index < -0.39 is 17.8 Å². The second-order valence-electron chi connectivity index (χ2n) is 4.87. The number of carboxylic acids is 1. The van der Waals surface area contributed by atoms with Gasteiger partial charge in [-0.3, -0.25) is 4.79 Å². The van der Waals surface area contributed by atoms with Gasteiger partial charge in [0.25, 0.3) is 6.43 Å². The molecule has 0 bridgehead atoms. The van der Waals surface area contributed by atoms with Crippen molar-refractivity contribution >= 4 is 5.97 Å². The Morgan fingerprint density at radius 3 is 2.44 bits per heavy atom. The molecular weight excluding hydrogens is 238 g/mol. The van der Waals surface area contributed by atoms with Crippen LogP contribution in [-0.4, -0.2) is 11.1 Å². The van der Waals surface area contributed by atoms with E-state index in [1.54, 1.807) is 6.07 Å². The first-order chi connectivity index (χ1) is 8.56. The van der Waals surface area contributed by atoms with Gasteiger partial charge in [0.2, 0.25) is 0 Å². The first-order valence-electron chi connectivity index (χ1n) is 6.18. The number of hydrogen-bond donors (Lipinski definition) is 1. The Morgan fingerprint density at radius 2 is 1.89 bits per heavy atom. The van der Waals surface area contributed by atoms with E-state index in [-0.39, 0.29) is 5.56 Å². The lowest BCUT2D eigenvalue weighted by atomic mass is 9.69. The molecule has 1 saturated carbocycles. The van der Waals surface area contributed by atoms with Gasteiger partial charge in [-0.2, -0.15) is 0 Å². The fourth-order valence-corrected chi connectivity index (χ4v) is 2.75. The summed E-state index contributed by atoms with van der Waals surface area (Å²) in [5, 5.41) is 9.48. The average Bonchev–Trinajstić information content (AvgIpc) is 2.39. The van der Waals surface area contributed by atoms with E-state index in [0.29, 0.717) is 18.4 Å². The Kier molecular flexibility index (Phi) is 3.64. The Balaban J connectivity index is 2.42. The highest BCUT2D eigenvalue weighted by Crippen LogP contribution is 2.40. The smallest absolute Gasteiger partial charge is 0.314 e. The van der Waals surface area contributed by atoms with Gasteiger partial charge in [0.1, 0.15) is 0 Å². The standard InChI is InChI=1S/C14H16F2O2/c15-12(16)10-5-4-6-11(9-10)14(13(17)18)7-2-1-3-8-14/h4-6,9,12H,1-3,7-8H2,(H,17,18). The Morgan fingerprint density at radius 1 is 1.22 bits per heavy atom. The summed E-state index contributed by atoms with van der Waals surface area (Å²) in [6, 6.07) is 5.87. The van der Waals surface area contributed by atoms with Gasteiger partial charge in [0.05, 0.1) is 5.41 Å². The molecule has 18 heavy (non-hydrogen) atoms. The minimum absolute atomic E-state index is 0.0984. The van der Waals surface area contributed by atoms with Crippen molar-refractivity contribution in [2.45, 2.75) is 43.9 Å². The monoisotopic (exact) mass is 254 g/mol. The third-order valence-corrected chi connectivity index (χ3v) is 3.81. The summed E-state index contributed by atoms with van der Waals surface area (Å²) in [5.41, 5.74) is -0.547. The highest BCUT2D eigenvalue weighted by Gasteiger charge is 2.41. The molecule has 1 aromatic rings. The largest absolute Gasteiger partial charge is 0.481 e. The molecule has 1 aromatic carbocycles. The minimum Gasteiger partial charge on any atom is -0.481 e. The van der Waals surface area contributed by atoms with Crippen LogP contribution in [0.15, 0.2) is 24.3 Å². The van der Waals surface area contributed by atoms with Crippen LogP contribution in [0.25, 0.3) is 0 Å². The van der Waals surface area contributed by atoms with E-state index in [2.05, 4.69) is 0 Å². The molecule has 0 aliphatic heterocycles. The number of carboxylic acid groups (broad SMARTS) is 1. The van der Waals surface area contributed by atoms with Crippen molar-refractivity contribution in [1.29, 1.82) is 0 Å². The third-order valence-electron chi connectivity index (χ3n) is 3.81. The summed E-state index contributed by atoms with van der Waals surface area (Å²) >= 11 is 0. The van der Waals surface area contributed by atoms with Gasteiger partial charge in [-0.05, 0) is 24.5 Å². The van der Waals surface area contributed by atoms with Gasteiger partial charge in [0.15, 0.2) is 0 Å². The molecule has 1 aliphatic rings. The van der Waals surface area contributed by atoms with Crippen LogP contribution in [0.2, 0.25) is 0 Å². The van der Waals surface area contributed by atoms with Gasteiger partial charge < -0.3 is 5.11 Å². The molecule has 0 atom stereocenters. The summed E-state index contributed by atoms with van der Waals surface area (Å²) in [7, 11) is 0. The number of hydrogen-bond acceptors (Lipinski definition) is 1. The van der Waals surface area contributed by atoms with Gasteiger partial charge >= 0.3 is 5.97 Å². The topological polar surface area (TPSA) is 37.3 Å². The van der Waals surface area contributed by atoms with E-state index in [9.17, 15) is 18.7 Å². The second-order valence-corrected chi connectivity index (χ2v) is 4.87. The zero-order chi connectivity index (χ0) is 13.2. The van der Waals surface area contributed by atoms with E-state index >= 15 is 0 Å². The molecule has 0 unspecified atom stereocenters. The van der Waals surface area contributed by atoms with Gasteiger partial charge in [0, 0.05) is 5.56 Å². The van der Waals surface area contributed by atoms with E-state index in [1.807, 2.05) is 0 Å². The summed E-state index contributed by atoms with van der Waals surface area (Å²) in [6.45, 7) is 0. The van der Waals surface area contributed by atoms with Crippen molar-refractivity contribution in [2.24, 2.45) is 0 Å². The SMILES string of the molecule is O=C(O)C1(c2cccc(C(F)F)c2)CCCCC1. The fraction of sp³-hybridized carbons (Fsp3) is 0.500. The van der Waals surface area contributed by atoms with Crippen LogP contribution >= 0.6 is 0 Å². The van der Waals surface area contributed by atoms with E-state index in [0.717, 1.165) is 19.3 Å². The molecule has 0 amide bonds.